The van der Waals surface area contributed by atoms with E-state index >= 15 is 0 Å². The van der Waals surface area contributed by atoms with Crippen molar-refractivity contribution < 1.29 is 4.52 Å². The standard InChI is InChI=1S/C20H28ClN5O/c1-20(2,16-5-4-6-17(21)13-16)15-23-19(22-3)26-10-8-25(9-11-26)14-18-7-12-27-24-18/h4-7,12-13H,8-11,14-15H2,1-3H3,(H,22,23). The molecule has 6 nitrogen and oxygen atoms in total. The van der Waals surface area contributed by atoms with Crippen molar-refractivity contribution in [3.05, 3.63) is 52.9 Å². The van der Waals surface area contributed by atoms with Gasteiger partial charge in [0.1, 0.15) is 6.26 Å². The Morgan fingerprint density at radius 2 is 2.04 bits per heavy atom. The molecule has 7 heteroatoms. The highest BCUT2D eigenvalue weighted by atomic mass is 35.5. The molecule has 0 bridgehead atoms. The minimum atomic E-state index is -0.0460. The van der Waals surface area contributed by atoms with Gasteiger partial charge in [-0.05, 0) is 17.7 Å². The molecule has 146 valence electrons. The van der Waals surface area contributed by atoms with Gasteiger partial charge in [-0.25, -0.2) is 0 Å². The quantitative estimate of drug-likeness (QED) is 0.629. The Balaban J connectivity index is 1.52. The first kappa shape index (κ1) is 19.7. The molecule has 3 rings (SSSR count). The number of benzene rings is 1. The fraction of sp³-hybridized carbons (Fsp3) is 0.500. The Hall–Kier alpha value is -2.05. The van der Waals surface area contributed by atoms with Gasteiger partial charge in [0.25, 0.3) is 0 Å². The van der Waals surface area contributed by atoms with E-state index in [0.29, 0.717) is 0 Å². The average Bonchev–Trinajstić information content (AvgIpc) is 3.16. The summed E-state index contributed by atoms with van der Waals surface area (Å²) in [5.74, 6) is 0.950. The van der Waals surface area contributed by atoms with Crippen LogP contribution in [0.1, 0.15) is 25.1 Å². The van der Waals surface area contributed by atoms with Crippen LogP contribution in [-0.2, 0) is 12.0 Å². The zero-order valence-corrected chi connectivity index (χ0v) is 17.0. The normalized spacial score (nSPS) is 16.6. The monoisotopic (exact) mass is 389 g/mol. The van der Waals surface area contributed by atoms with Crippen molar-refractivity contribution in [2.75, 3.05) is 39.8 Å². The molecule has 1 saturated heterocycles. The summed E-state index contributed by atoms with van der Waals surface area (Å²) < 4.78 is 4.92. The van der Waals surface area contributed by atoms with E-state index in [-0.39, 0.29) is 5.41 Å². The molecule has 0 aliphatic carbocycles. The number of aliphatic imine (C=N–C) groups is 1. The fourth-order valence-corrected chi connectivity index (χ4v) is 3.50. The molecular weight excluding hydrogens is 362 g/mol. The number of rotatable bonds is 5. The molecule has 0 spiro atoms. The molecule has 0 amide bonds. The molecule has 0 radical (unpaired) electrons. The first-order valence-corrected chi connectivity index (χ1v) is 9.69. The molecule has 1 aliphatic rings. The first-order valence-electron chi connectivity index (χ1n) is 9.31. The van der Waals surface area contributed by atoms with Gasteiger partial charge in [-0.2, -0.15) is 0 Å². The Kier molecular flexibility index (Phi) is 6.39. The summed E-state index contributed by atoms with van der Waals surface area (Å²) >= 11 is 6.16. The van der Waals surface area contributed by atoms with E-state index in [4.69, 9.17) is 16.1 Å². The zero-order valence-electron chi connectivity index (χ0n) is 16.3. The van der Waals surface area contributed by atoms with Crippen molar-refractivity contribution >= 4 is 17.6 Å². The van der Waals surface area contributed by atoms with Crippen LogP contribution in [0, 0.1) is 0 Å². The Labute approximate surface area is 166 Å². The number of hydrogen-bond acceptors (Lipinski definition) is 4. The van der Waals surface area contributed by atoms with Gasteiger partial charge in [-0.3, -0.25) is 9.89 Å². The van der Waals surface area contributed by atoms with Crippen LogP contribution in [0.3, 0.4) is 0 Å². The van der Waals surface area contributed by atoms with Gasteiger partial charge in [0.2, 0.25) is 0 Å². The highest BCUT2D eigenvalue weighted by molar-refractivity contribution is 6.30. The summed E-state index contributed by atoms with van der Waals surface area (Å²) in [5, 5.41) is 8.31. The summed E-state index contributed by atoms with van der Waals surface area (Å²) in [6, 6.07) is 9.99. The predicted molar refractivity (Wildman–Crippen MR) is 109 cm³/mol. The van der Waals surface area contributed by atoms with Gasteiger partial charge in [-0.15, -0.1) is 0 Å². The highest BCUT2D eigenvalue weighted by Gasteiger charge is 2.24. The third-order valence-electron chi connectivity index (χ3n) is 5.06. The second-order valence-corrected chi connectivity index (χ2v) is 7.99. The second kappa shape index (κ2) is 8.76. The summed E-state index contributed by atoms with van der Waals surface area (Å²) in [6.45, 7) is 9.89. The largest absolute Gasteiger partial charge is 0.364 e. The molecule has 1 aromatic carbocycles. The lowest BCUT2D eigenvalue weighted by Crippen LogP contribution is -2.53. The molecule has 1 fully saturated rings. The molecule has 1 aromatic heterocycles. The molecular formula is C20H28ClN5O. The average molecular weight is 390 g/mol. The number of nitrogens with zero attached hydrogens (tertiary/aromatic N) is 4. The molecule has 27 heavy (non-hydrogen) atoms. The maximum atomic E-state index is 6.16. The molecule has 0 unspecified atom stereocenters. The third-order valence-corrected chi connectivity index (χ3v) is 5.29. The smallest absolute Gasteiger partial charge is 0.193 e. The van der Waals surface area contributed by atoms with Crippen LogP contribution >= 0.6 is 11.6 Å². The van der Waals surface area contributed by atoms with Crippen molar-refractivity contribution in [1.82, 2.24) is 20.3 Å². The van der Waals surface area contributed by atoms with Gasteiger partial charge >= 0.3 is 0 Å². The lowest BCUT2D eigenvalue weighted by Gasteiger charge is -2.37. The van der Waals surface area contributed by atoms with Crippen LogP contribution in [0.5, 0.6) is 0 Å². The van der Waals surface area contributed by atoms with Crippen molar-refractivity contribution in [3.8, 4) is 0 Å². The minimum Gasteiger partial charge on any atom is -0.364 e. The SMILES string of the molecule is CN=C(NCC(C)(C)c1cccc(Cl)c1)N1CCN(Cc2ccon2)CC1. The fourth-order valence-electron chi connectivity index (χ4n) is 3.31. The van der Waals surface area contributed by atoms with Gasteiger partial charge in [0, 0.05) is 62.8 Å². The predicted octanol–water partition coefficient (Wildman–Crippen LogP) is 3.00. The van der Waals surface area contributed by atoms with Gasteiger partial charge in [-0.1, -0.05) is 42.7 Å². The first-order chi connectivity index (χ1) is 13.0. The van der Waals surface area contributed by atoms with E-state index < -0.39 is 0 Å². The summed E-state index contributed by atoms with van der Waals surface area (Å²) in [6.07, 6.45) is 1.62. The van der Waals surface area contributed by atoms with E-state index in [9.17, 15) is 0 Å². The van der Waals surface area contributed by atoms with Crippen LogP contribution in [0.2, 0.25) is 5.02 Å². The third kappa shape index (κ3) is 5.23. The molecule has 0 atom stereocenters. The van der Waals surface area contributed by atoms with Gasteiger partial charge < -0.3 is 14.7 Å². The topological polar surface area (TPSA) is 56.9 Å². The van der Waals surface area contributed by atoms with E-state index in [0.717, 1.165) is 55.9 Å². The zero-order chi connectivity index (χ0) is 19.3. The van der Waals surface area contributed by atoms with Crippen molar-refractivity contribution in [2.45, 2.75) is 25.8 Å². The Morgan fingerprint density at radius 1 is 1.26 bits per heavy atom. The number of guanidine groups is 1. The number of nitrogens with one attached hydrogen (secondary N) is 1. The summed E-state index contributed by atoms with van der Waals surface area (Å²) in [7, 11) is 1.84. The van der Waals surface area contributed by atoms with Crippen LogP contribution in [0.25, 0.3) is 0 Å². The minimum absolute atomic E-state index is 0.0460. The lowest BCUT2D eigenvalue weighted by atomic mass is 9.84. The number of piperazine rings is 1. The number of halogens is 1. The molecule has 2 heterocycles. The molecule has 1 N–H and O–H groups in total. The van der Waals surface area contributed by atoms with Crippen LogP contribution in [0.4, 0.5) is 0 Å². The van der Waals surface area contributed by atoms with Crippen molar-refractivity contribution in [1.29, 1.82) is 0 Å². The summed E-state index contributed by atoms with van der Waals surface area (Å²) in [5.41, 5.74) is 2.15. The number of hydrogen-bond donors (Lipinski definition) is 1. The van der Waals surface area contributed by atoms with Crippen LogP contribution in [0.15, 0.2) is 46.1 Å². The Morgan fingerprint density at radius 3 is 2.67 bits per heavy atom. The molecule has 0 saturated carbocycles. The highest BCUT2D eigenvalue weighted by Crippen LogP contribution is 2.25. The molecule has 2 aromatic rings. The lowest BCUT2D eigenvalue weighted by molar-refractivity contribution is 0.168. The van der Waals surface area contributed by atoms with Gasteiger partial charge in [0.15, 0.2) is 5.96 Å². The van der Waals surface area contributed by atoms with Gasteiger partial charge in [0.05, 0.1) is 5.69 Å². The van der Waals surface area contributed by atoms with Crippen molar-refractivity contribution in [3.63, 3.8) is 0 Å². The number of aromatic nitrogens is 1. The van der Waals surface area contributed by atoms with E-state index in [1.54, 1.807) is 6.26 Å². The maximum absolute atomic E-state index is 6.16. The molecule has 1 aliphatic heterocycles. The second-order valence-electron chi connectivity index (χ2n) is 7.55. The van der Waals surface area contributed by atoms with E-state index in [2.05, 4.69) is 45.2 Å². The Bertz CT molecular complexity index is 751. The van der Waals surface area contributed by atoms with Crippen LogP contribution in [-0.4, -0.2) is 60.7 Å². The van der Waals surface area contributed by atoms with E-state index in [1.807, 2.05) is 31.3 Å². The van der Waals surface area contributed by atoms with E-state index in [1.165, 1.54) is 5.56 Å². The summed E-state index contributed by atoms with van der Waals surface area (Å²) in [4.78, 5) is 9.19. The van der Waals surface area contributed by atoms with Crippen molar-refractivity contribution in [2.24, 2.45) is 4.99 Å². The maximum Gasteiger partial charge on any atom is 0.193 e. The van der Waals surface area contributed by atoms with Crippen LogP contribution < -0.4 is 5.32 Å².